The van der Waals surface area contributed by atoms with Crippen LogP contribution >= 0.6 is 0 Å². The summed E-state index contributed by atoms with van der Waals surface area (Å²) in [6.45, 7) is 4.84. The minimum absolute atomic E-state index is 0.175. The molecule has 0 bridgehead atoms. The summed E-state index contributed by atoms with van der Waals surface area (Å²) in [7, 11) is -0.510. The molecule has 0 radical (unpaired) electrons. The van der Waals surface area contributed by atoms with E-state index in [-0.39, 0.29) is 4.90 Å². The molecule has 1 unspecified atom stereocenters. The lowest BCUT2D eigenvalue weighted by atomic mass is 10.1. The maximum atomic E-state index is 12.6. The second-order valence-corrected chi connectivity index (χ2v) is 7.00. The first-order chi connectivity index (χ1) is 9.36. The molecule has 0 aliphatic heterocycles. The maximum absolute atomic E-state index is 12.6. The number of ether oxygens (including phenoxy) is 1. The van der Waals surface area contributed by atoms with E-state index in [1.165, 1.54) is 11.4 Å². The predicted molar refractivity (Wildman–Crippen MR) is 80.2 cm³/mol. The first-order valence-electron chi connectivity index (χ1n) is 6.70. The molecule has 0 saturated heterocycles. The van der Waals surface area contributed by atoms with Crippen LogP contribution in [0.4, 0.5) is 0 Å². The average molecular weight is 300 g/mol. The monoisotopic (exact) mass is 300 g/mol. The molecule has 5 nitrogen and oxygen atoms in total. The Hall–Kier alpha value is -1.11. The highest BCUT2D eigenvalue weighted by atomic mass is 32.2. The van der Waals surface area contributed by atoms with Crippen molar-refractivity contribution in [1.82, 2.24) is 4.31 Å². The minimum Gasteiger partial charge on any atom is -0.495 e. The molecule has 2 N–H and O–H groups in total. The van der Waals surface area contributed by atoms with Crippen LogP contribution in [-0.4, -0.2) is 33.4 Å². The summed E-state index contributed by atoms with van der Waals surface area (Å²) in [5.74, 6) is 0.650. The van der Waals surface area contributed by atoms with E-state index >= 15 is 0 Å². The number of hydrogen-bond donors (Lipinski definition) is 1. The summed E-state index contributed by atoms with van der Waals surface area (Å²) < 4.78 is 31.8. The Morgan fingerprint density at radius 3 is 2.55 bits per heavy atom. The number of hydrogen-bond acceptors (Lipinski definition) is 4. The molecule has 0 aromatic heterocycles. The molecule has 0 amide bonds. The van der Waals surface area contributed by atoms with Crippen molar-refractivity contribution in [3.8, 4) is 5.75 Å². The van der Waals surface area contributed by atoms with Gasteiger partial charge in [-0.2, -0.15) is 0 Å². The Balaban J connectivity index is 3.19. The van der Waals surface area contributed by atoms with Crippen molar-refractivity contribution >= 4 is 10.0 Å². The third-order valence-corrected chi connectivity index (χ3v) is 5.26. The zero-order valence-corrected chi connectivity index (χ0v) is 13.4. The predicted octanol–water partition coefficient (Wildman–Crippen LogP) is 1.82. The fraction of sp³-hybridized carbons (Fsp3) is 0.571. The first-order valence-corrected chi connectivity index (χ1v) is 8.14. The summed E-state index contributed by atoms with van der Waals surface area (Å²) in [6, 6.07) is 5.00. The van der Waals surface area contributed by atoms with Crippen molar-refractivity contribution in [2.24, 2.45) is 11.7 Å². The smallest absolute Gasteiger partial charge is 0.246 e. The molecule has 0 saturated carbocycles. The van der Waals surface area contributed by atoms with Gasteiger partial charge in [-0.3, -0.25) is 0 Å². The topological polar surface area (TPSA) is 72.6 Å². The molecule has 1 aromatic carbocycles. The van der Waals surface area contributed by atoms with Crippen molar-refractivity contribution in [1.29, 1.82) is 0 Å². The molecule has 1 atom stereocenters. The van der Waals surface area contributed by atoms with Crippen molar-refractivity contribution in [2.45, 2.75) is 31.7 Å². The molecule has 1 rings (SSSR count). The fourth-order valence-corrected chi connectivity index (χ4v) is 3.38. The number of sulfonamides is 1. The van der Waals surface area contributed by atoms with E-state index in [0.29, 0.717) is 24.8 Å². The van der Waals surface area contributed by atoms with Crippen LogP contribution in [0.25, 0.3) is 0 Å². The van der Waals surface area contributed by atoms with Gasteiger partial charge in [0.2, 0.25) is 10.0 Å². The van der Waals surface area contributed by atoms with Crippen molar-refractivity contribution in [2.75, 3.05) is 20.7 Å². The van der Waals surface area contributed by atoms with E-state index in [1.807, 2.05) is 13.8 Å². The highest BCUT2D eigenvalue weighted by Crippen LogP contribution is 2.27. The number of rotatable bonds is 7. The number of nitrogens with two attached hydrogens (primary N) is 1. The quantitative estimate of drug-likeness (QED) is 0.833. The van der Waals surface area contributed by atoms with E-state index < -0.39 is 10.0 Å². The third-order valence-electron chi connectivity index (χ3n) is 3.42. The molecule has 0 aliphatic rings. The van der Waals surface area contributed by atoms with Gasteiger partial charge in [0.15, 0.2) is 0 Å². The summed E-state index contributed by atoms with van der Waals surface area (Å²) in [6.07, 6.45) is 0.930. The van der Waals surface area contributed by atoms with Crippen LogP contribution in [0, 0.1) is 5.92 Å². The summed E-state index contributed by atoms with van der Waals surface area (Å²) >= 11 is 0. The Morgan fingerprint density at radius 1 is 1.40 bits per heavy atom. The molecule has 0 spiro atoms. The van der Waals surface area contributed by atoms with E-state index in [2.05, 4.69) is 0 Å². The highest BCUT2D eigenvalue weighted by molar-refractivity contribution is 7.89. The molecule has 20 heavy (non-hydrogen) atoms. The van der Waals surface area contributed by atoms with Crippen molar-refractivity contribution in [3.63, 3.8) is 0 Å². The van der Waals surface area contributed by atoms with Gasteiger partial charge in [-0.05, 0) is 23.6 Å². The Kier molecular flexibility index (Phi) is 5.98. The number of benzene rings is 1. The normalized spacial score (nSPS) is 13.5. The van der Waals surface area contributed by atoms with Gasteiger partial charge in [-0.15, -0.1) is 0 Å². The van der Waals surface area contributed by atoms with Crippen LogP contribution in [0.3, 0.4) is 0 Å². The van der Waals surface area contributed by atoms with Gasteiger partial charge >= 0.3 is 0 Å². The summed E-state index contributed by atoms with van der Waals surface area (Å²) in [5.41, 5.74) is 6.35. The number of nitrogens with zero attached hydrogens (tertiary/aromatic N) is 1. The van der Waals surface area contributed by atoms with Crippen LogP contribution in [0.1, 0.15) is 25.8 Å². The van der Waals surface area contributed by atoms with Gasteiger partial charge in [0.25, 0.3) is 0 Å². The van der Waals surface area contributed by atoms with Gasteiger partial charge < -0.3 is 10.5 Å². The fourth-order valence-electron chi connectivity index (χ4n) is 1.88. The molecule has 0 aliphatic carbocycles. The SMILES string of the molecule is CCC(C)CN(C)S(=O)(=O)c1cc(CN)ccc1OC. The van der Waals surface area contributed by atoms with Crippen LogP contribution < -0.4 is 10.5 Å². The lowest BCUT2D eigenvalue weighted by molar-refractivity contribution is 0.381. The van der Waals surface area contributed by atoms with Crippen LogP contribution in [0.5, 0.6) is 5.75 Å². The van der Waals surface area contributed by atoms with Gasteiger partial charge in [0.1, 0.15) is 10.6 Å². The Bertz CT molecular complexity index is 543. The summed E-state index contributed by atoms with van der Waals surface area (Å²) in [5, 5.41) is 0. The molecule has 0 heterocycles. The zero-order valence-electron chi connectivity index (χ0n) is 12.6. The lowest BCUT2D eigenvalue weighted by Crippen LogP contribution is -2.31. The van der Waals surface area contributed by atoms with E-state index in [9.17, 15) is 8.42 Å². The van der Waals surface area contributed by atoms with Gasteiger partial charge in [-0.25, -0.2) is 12.7 Å². The van der Waals surface area contributed by atoms with E-state index in [0.717, 1.165) is 12.0 Å². The zero-order chi connectivity index (χ0) is 15.3. The standard InChI is InChI=1S/C14H24N2O3S/c1-5-11(2)10-16(3)20(17,18)14-8-12(9-15)6-7-13(14)19-4/h6-8,11H,5,9-10,15H2,1-4H3. The Morgan fingerprint density at radius 2 is 2.05 bits per heavy atom. The van der Waals surface area contributed by atoms with Crippen LogP contribution in [-0.2, 0) is 16.6 Å². The Labute approximate surface area is 121 Å². The minimum atomic E-state index is -3.57. The van der Waals surface area contributed by atoms with E-state index in [1.54, 1.807) is 25.2 Å². The van der Waals surface area contributed by atoms with Gasteiger partial charge in [0, 0.05) is 20.1 Å². The molecule has 114 valence electrons. The van der Waals surface area contributed by atoms with Crippen molar-refractivity contribution in [3.05, 3.63) is 23.8 Å². The largest absolute Gasteiger partial charge is 0.495 e. The number of methoxy groups -OCH3 is 1. The maximum Gasteiger partial charge on any atom is 0.246 e. The summed E-state index contributed by atoms with van der Waals surface area (Å²) in [4.78, 5) is 0.175. The van der Waals surface area contributed by atoms with Crippen molar-refractivity contribution < 1.29 is 13.2 Å². The van der Waals surface area contributed by atoms with Crippen LogP contribution in [0.2, 0.25) is 0 Å². The van der Waals surface area contributed by atoms with Gasteiger partial charge in [0.05, 0.1) is 7.11 Å². The average Bonchev–Trinajstić information content (AvgIpc) is 2.46. The first kappa shape index (κ1) is 16.9. The lowest BCUT2D eigenvalue weighted by Gasteiger charge is -2.22. The second-order valence-electron chi connectivity index (χ2n) is 4.99. The second kappa shape index (κ2) is 7.06. The molecule has 6 heteroatoms. The third kappa shape index (κ3) is 3.71. The molecule has 1 aromatic rings. The van der Waals surface area contributed by atoms with Gasteiger partial charge in [-0.1, -0.05) is 26.3 Å². The molecular weight excluding hydrogens is 276 g/mol. The van der Waals surface area contributed by atoms with E-state index in [4.69, 9.17) is 10.5 Å². The highest BCUT2D eigenvalue weighted by Gasteiger charge is 2.25. The molecule has 0 fully saturated rings. The van der Waals surface area contributed by atoms with Crippen LogP contribution in [0.15, 0.2) is 23.1 Å². The molecular formula is C14H24N2O3S.